The van der Waals surface area contributed by atoms with Crippen molar-refractivity contribution < 1.29 is 9.21 Å². The van der Waals surface area contributed by atoms with Crippen molar-refractivity contribution in [1.29, 1.82) is 0 Å². The summed E-state index contributed by atoms with van der Waals surface area (Å²) in [4.78, 5) is 13.2. The molecule has 0 radical (unpaired) electrons. The summed E-state index contributed by atoms with van der Waals surface area (Å²) in [5, 5.41) is 3.62. The minimum Gasteiger partial charge on any atom is -0.465 e. The first-order chi connectivity index (χ1) is 14.3. The summed E-state index contributed by atoms with van der Waals surface area (Å²) in [6, 6.07) is 35.0. The standard InChI is InChI=1S/C26H22O2P/c27-22(18-19-23-11-10-20-28-23)21-29(24-12-4-1-5-13-24,25-14-6-2-7-15-25)26-16-8-3-9-17-26/h1-20H,21H2/q+1/b19-18+. The van der Waals surface area contributed by atoms with Gasteiger partial charge in [0, 0.05) is 0 Å². The predicted octanol–water partition coefficient (Wildman–Crippen LogP) is 4.86. The normalized spacial score (nSPS) is 11.6. The summed E-state index contributed by atoms with van der Waals surface area (Å²) < 4.78 is 5.34. The zero-order valence-corrected chi connectivity index (χ0v) is 16.9. The number of rotatable bonds is 7. The smallest absolute Gasteiger partial charge is 0.194 e. The van der Waals surface area contributed by atoms with Gasteiger partial charge in [-0.05, 0) is 60.7 Å². The van der Waals surface area contributed by atoms with Crippen LogP contribution in [0.3, 0.4) is 0 Å². The van der Waals surface area contributed by atoms with Gasteiger partial charge in [0.05, 0.1) is 6.26 Å². The van der Waals surface area contributed by atoms with Gasteiger partial charge in [0.2, 0.25) is 0 Å². The van der Waals surface area contributed by atoms with Gasteiger partial charge < -0.3 is 4.42 Å². The Labute approximate surface area is 171 Å². The molecule has 0 aliphatic heterocycles. The van der Waals surface area contributed by atoms with Crippen molar-refractivity contribution in [3.05, 3.63) is 121 Å². The van der Waals surface area contributed by atoms with Crippen LogP contribution in [0.2, 0.25) is 0 Å². The van der Waals surface area contributed by atoms with Crippen LogP contribution in [-0.4, -0.2) is 11.9 Å². The van der Waals surface area contributed by atoms with E-state index >= 15 is 0 Å². The van der Waals surface area contributed by atoms with E-state index in [1.54, 1.807) is 18.4 Å². The van der Waals surface area contributed by atoms with Crippen molar-refractivity contribution in [3.8, 4) is 0 Å². The van der Waals surface area contributed by atoms with Gasteiger partial charge in [-0.1, -0.05) is 54.6 Å². The third-order valence-electron chi connectivity index (χ3n) is 4.96. The molecule has 142 valence electrons. The quantitative estimate of drug-likeness (QED) is 0.329. The lowest BCUT2D eigenvalue weighted by molar-refractivity contribution is -0.112. The van der Waals surface area contributed by atoms with Crippen molar-refractivity contribution in [2.75, 3.05) is 6.16 Å². The van der Waals surface area contributed by atoms with Crippen LogP contribution in [0.4, 0.5) is 0 Å². The topological polar surface area (TPSA) is 30.2 Å². The van der Waals surface area contributed by atoms with Gasteiger partial charge in [0.25, 0.3) is 0 Å². The maximum Gasteiger partial charge on any atom is 0.194 e. The molecule has 4 rings (SSSR count). The Balaban J connectivity index is 1.85. The molecule has 0 amide bonds. The molecular weight excluding hydrogens is 375 g/mol. The molecule has 0 bridgehead atoms. The highest BCUT2D eigenvalue weighted by Gasteiger charge is 2.46. The fourth-order valence-electron chi connectivity index (χ4n) is 3.62. The monoisotopic (exact) mass is 397 g/mol. The number of carbonyl (C=O) groups excluding carboxylic acids is 1. The average molecular weight is 397 g/mol. The third kappa shape index (κ3) is 4.13. The van der Waals surface area contributed by atoms with Crippen LogP contribution >= 0.6 is 7.26 Å². The molecule has 0 aliphatic carbocycles. The molecule has 0 aliphatic rings. The van der Waals surface area contributed by atoms with E-state index in [4.69, 9.17) is 4.42 Å². The van der Waals surface area contributed by atoms with Crippen molar-refractivity contribution in [1.82, 2.24) is 0 Å². The highest BCUT2D eigenvalue weighted by molar-refractivity contribution is 7.96. The second kappa shape index (κ2) is 8.86. The molecule has 0 spiro atoms. The minimum absolute atomic E-state index is 0.0892. The van der Waals surface area contributed by atoms with Gasteiger partial charge in [-0.2, -0.15) is 0 Å². The van der Waals surface area contributed by atoms with E-state index in [9.17, 15) is 4.79 Å². The van der Waals surface area contributed by atoms with Crippen molar-refractivity contribution in [2.24, 2.45) is 0 Å². The predicted molar refractivity (Wildman–Crippen MR) is 123 cm³/mol. The van der Waals surface area contributed by atoms with E-state index in [-0.39, 0.29) is 5.78 Å². The summed E-state index contributed by atoms with van der Waals surface area (Å²) in [6.07, 6.45) is 5.43. The largest absolute Gasteiger partial charge is 0.465 e. The minimum atomic E-state index is -2.15. The molecule has 0 N–H and O–H groups in total. The van der Waals surface area contributed by atoms with E-state index < -0.39 is 7.26 Å². The maximum absolute atomic E-state index is 13.2. The van der Waals surface area contributed by atoms with Crippen molar-refractivity contribution in [3.63, 3.8) is 0 Å². The lowest BCUT2D eigenvalue weighted by Crippen LogP contribution is -2.35. The van der Waals surface area contributed by atoms with Crippen LogP contribution in [0.25, 0.3) is 6.08 Å². The summed E-state index contributed by atoms with van der Waals surface area (Å²) in [6.45, 7) is 0. The SMILES string of the molecule is O=C(/C=C/c1ccco1)C[P+](c1ccccc1)(c1ccccc1)c1ccccc1. The number of carbonyl (C=O) groups is 1. The molecule has 0 fully saturated rings. The van der Waals surface area contributed by atoms with Crippen LogP contribution in [0.1, 0.15) is 5.76 Å². The van der Waals surface area contributed by atoms with E-state index in [0.717, 1.165) is 0 Å². The first-order valence-corrected chi connectivity index (χ1v) is 11.6. The summed E-state index contributed by atoms with van der Waals surface area (Å²) in [5.41, 5.74) is 0. The number of hydrogen-bond donors (Lipinski definition) is 0. The molecule has 1 heterocycles. The Bertz CT molecular complexity index is 973. The summed E-state index contributed by atoms with van der Waals surface area (Å²) in [5.74, 6) is 0.771. The van der Waals surface area contributed by atoms with Crippen LogP contribution in [0, 0.1) is 0 Å². The second-order valence-corrected chi connectivity index (χ2v) is 10.3. The van der Waals surface area contributed by atoms with Gasteiger partial charge in [-0.15, -0.1) is 0 Å². The molecular formula is C26H22O2P+. The summed E-state index contributed by atoms with van der Waals surface area (Å²) in [7, 11) is -2.15. The molecule has 3 heteroatoms. The Morgan fingerprint density at radius 1 is 0.690 bits per heavy atom. The molecule has 4 aromatic rings. The highest BCUT2D eigenvalue weighted by atomic mass is 31.2. The lowest BCUT2D eigenvalue weighted by Gasteiger charge is -2.26. The first kappa shape index (κ1) is 19.1. The van der Waals surface area contributed by atoms with Gasteiger partial charge >= 0.3 is 0 Å². The molecule has 0 saturated heterocycles. The Morgan fingerprint density at radius 2 is 1.17 bits per heavy atom. The van der Waals surface area contributed by atoms with Crippen molar-refractivity contribution >= 4 is 35.0 Å². The number of benzene rings is 3. The van der Waals surface area contributed by atoms with Gasteiger partial charge in [0.15, 0.2) is 5.78 Å². The zero-order valence-electron chi connectivity index (χ0n) is 16.0. The van der Waals surface area contributed by atoms with E-state index in [1.807, 2.05) is 30.3 Å². The molecule has 3 aromatic carbocycles. The molecule has 29 heavy (non-hydrogen) atoms. The van der Waals surface area contributed by atoms with E-state index in [1.165, 1.54) is 15.9 Å². The molecule has 0 atom stereocenters. The van der Waals surface area contributed by atoms with E-state index in [2.05, 4.69) is 72.8 Å². The first-order valence-electron chi connectivity index (χ1n) is 9.58. The average Bonchev–Trinajstić information content (AvgIpc) is 3.32. The second-order valence-electron chi connectivity index (χ2n) is 6.79. The fraction of sp³-hybridized carbons (Fsp3) is 0.0385. The van der Waals surface area contributed by atoms with Crippen LogP contribution in [0.5, 0.6) is 0 Å². The summed E-state index contributed by atoms with van der Waals surface area (Å²) >= 11 is 0. The number of allylic oxidation sites excluding steroid dienone is 1. The Morgan fingerprint density at radius 3 is 1.59 bits per heavy atom. The lowest BCUT2D eigenvalue weighted by atomic mass is 10.3. The molecule has 2 nitrogen and oxygen atoms in total. The highest BCUT2D eigenvalue weighted by Crippen LogP contribution is 2.55. The van der Waals surface area contributed by atoms with Crippen LogP contribution < -0.4 is 15.9 Å². The maximum atomic E-state index is 13.2. The van der Waals surface area contributed by atoms with Crippen LogP contribution in [0.15, 0.2) is 120 Å². The van der Waals surface area contributed by atoms with Gasteiger partial charge in [0.1, 0.15) is 35.1 Å². The number of ketones is 1. The van der Waals surface area contributed by atoms with Crippen LogP contribution in [-0.2, 0) is 4.79 Å². The Hall–Kier alpha value is -3.22. The number of hydrogen-bond acceptors (Lipinski definition) is 2. The van der Waals surface area contributed by atoms with Crippen molar-refractivity contribution in [2.45, 2.75) is 0 Å². The van der Waals surface area contributed by atoms with Gasteiger partial charge in [-0.3, -0.25) is 4.79 Å². The fourth-order valence-corrected chi connectivity index (χ4v) is 7.67. The Kier molecular flexibility index (Phi) is 5.84. The number of furan rings is 1. The molecule has 0 saturated carbocycles. The third-order valence-corrected chi connectivity index (χ3v) is 9.29. The zero-order chi connectivity index (χ0) is 19.9. The van der Waals surface area contributed by atoms with Gasteiger partial charge in [-0.25, -0.2) is 0 Å². The molecule has 0 unspecified atom stereocenters. The molecule has 1 aromatic heterocycles. The van der Waals surface area contributed by atoms with E-state index in [0.29, 0.717) is 11.9 Å².